The standard InChI is InChI=1S/C20H20Cl2F2N4O/c21-12-6-7-13(22)18(17(12)24)28-20-26-15-8-11(14(23)9-16(15)27-20)19(29)25-10-4-2-1-3-5-10/h6-10,17-18H,1-5H2,(H,25,29)(H2,26,27,28). The largest absolute Gasteiger partial charge is 0.349 e. The normalized spacial score (nSPS) is 22.9. The zero-order valence-electron chi connectivity index (χ0n) is 15.4. The maximum atomic E-state index is 14.5. The maximum Gasteiger partial charge on any atom is 0.254 e. The summed E-state index contributed by atoms with van der Waals surface area (Å²) in [5, 5.41) is 6.01. The summed E-state index contributed by atoms with van der Waals surface area (Å²) >= 11 is 11.9. The number of carbonyl (C=O) groups excluding carboxylic acids is 1. The van der Waals surface area contributed by atoms with E-state index in [9.17, 15) is 13.6 Å². The number of imidazole rings is 1. The van der Waals surface area contributed by atoms with Crippen LogP contribution >= 0.6 is 23.2 Å². The molecule has 1 fully saturated rings. The van der Waals surface area contributed by atoms with Gasteiger partial charge in [0.05, 0.1) is 21.6 Å². The molecule has 9 heteroatoms. The highest BCUT2D eigenvalue weighted by atomic mass is 35.5. The van der Waals surface area contributed by atoms with Crippen LogP contribution in [0, 0.1) is 5.82 Å². The van der Waals surface area contributed by atoms with Gasteiger partial charge in [-0.25, -0.2) is 13.8 Å². The maximum absolute atomic E-state index is 14.5. The van der Waals surface area contributed by atoms with E-state index in [0.717, 1.165) is 32.1 Å². The predicted octanol–water partition coefficient (Wildman–Crippen LogP) is 5.14. The van der Waals surface area contributed by atoms with Crippen LogP contribution in [0.1, 0.15) is 42.5 Å². The fourth-order valence-corrected chi connectivity index (χ4v) is 4.14. The monoisotopic (exact) mass is 440 g/mol. The molecule has 5 nitrogen and oxygen atoms in total. The smallest absolute Gasteiger partial charge is 0.254 e. The van der Waals surface area contributed by atoms with Crippen molar-refractivity contribution >= 4 is 46.1 Å². The molecule has 1 aromatic heterocycles. The van der Waals surface area contributed by atoms with Crippen LogP contribution in [-0.2, 0) is 0 Å². The molecule has 2 unspecified atom stereocenters. The molecule has 29 heavy (non-hydrogen) atoms. The van der Waals surface area contributed by atoms with E-state index in [2.05, 4.69) is 20.6 Å². The Bertz CT molecular complexity index is 998. The molecule has 0 saturated heterocycles. The minimum Gasteiger partial charge on any atom is -0.349 e. The van der Waals surface area contributed by atoms with Gasteiger partial charge in [-0.3, -0.25) is 4.79 Å². The van der Waals surface area contributed by atoms with Crippen molar-refractivity contribution in [3.05, 3.63) is 45.7 Å². The van der Waals surface area contributed by atoms with Crippen molar-refractivity contribution in [3.8, 4) is 0 Å². The van der Waals surface area contributed by atoms with Crippen LogP contribution in [0.15, 0.2) is 34.3 Å². The van der Waals surface area contributed by atoms with Crippen molar-refractivity contribution in [1.29, 1.82) is 0 Å². The van der Waals surface area contributed by atoms with Crippen molar-refractivity contribution in [2.24, 2.45) is 0 Å². The SMILES string of the molecule is O=C(NC1CCCCC1)c1cc2nc(NC3C(Cl)=CC=C(Cl)C3F)[nH]c2cc1F. The van der Waals surface area contributed by atoms with E-state index in [4.69, 9.17) is 23.2 Å². The highest BCUT2D eigenvalue weighted by Crippen LogP contribution is 2.30. The van der Waals surface area contributed by atoms with Gasteiger partial charge >= 0.3 is 0 Å². The number of benzene rings is 1. The molecule has 1 amide bonds. The number of rotatable bonds is 4. The first-order chi connectivity index (χ1) is 13.9. The van der Waals surface area contributed by atoms with E-state index in [1.165, 1.54) is 24.3 Å². The number of hydrogen-bond donors (Lipinski definition) is 3. The average molecular weight is 441 g/mol. The van der Waals surface area contributed by atoms with E-state index in [1.807, 2.05) is 0 Å². The molecule has 4 rings (SSSR count). The van der Waals surface area contributed by atoms with Gasteiger partial charge in [-0.2, -0.15) is 0 Å². The number of allylic oxidation sites excluding steroid dienone is 2. The van der Waals surface area contributed by atoms with Crippen LogP contribution in [0.3, 0.4) is 0 Å². The van der Waals surface area contributed by atoms with Gasteiger partial charge in [0.25, 0.3) is 5.91 Å². The van der Waals surface area contributed by atoms with E-state index in [0.29, 0.717) is 11.0 Å². The van der Waals surface area contributed by atoms with Gasteiger partial charge in [0.2, 0.25) is 5.95 Å². The number of hydrogen-bond acceptors (Lipinski definition) is 3. The van der Waals surface area contributed by atoms with Gasteiger partial charge in [-0.15, -0.1) is 0 Å². The molecule has 0 spiro atoms. The number of aromatic nitrogens is 2. The van der Waals surface area contributed by atoms with Gasteiger partial charge in [0, 0.05) is 17.1 Å². The summed E-state index contributed by atoms with van der Waals surface area (Å²) in [7, 11) is 0. The molecule has 1 heterocycles. The zero-order valence-corrected chi connectivity index (χ0v) is 17.0. The van der Waals surface area contributed by atoms with Gasteiger partial charge in [0.15, 0.2) is 6.17 Å². The number of amides is 1. The van der Waals surface area contributed by atoms with Crippen LogP contribution in [-0.4, -0.2) is 34.1 Å². The Labute approximate surface area is 176 Å². The number of carbonyl (C=O) groups is 1. The summed E-state index contributed by atoms with van der Waals surface area (Å²) in [5.41, 5.74) is 0.703. The van der Waals surface area contributed by atoms with Crippen molar-refractivity contribution in [3.63, 3.8) is 0 Å². The Morgan fingerprint density at radius 1 is 1.14 bits per heavy atom. The lowest BCUT2D eigenvalue weighted by molar-refractivity contribution is 0.0924. The predicted molar refractivity (Wildman–Crippen MR) is 111 cm³/mol. The lowest BCUT2D eigenvalue weighted by Gasteiger charge is -2.23. The van der Waals surface area contributed by atoms with E-state index < -0.39 is 23.9 Å². The number of H-pyrrole nitrogens is 1. The van der Waals surface area contributed by atoms with E-state index in [-0.39, 0.29) is 27.6 Å². The topological polar surface area (TPSA) is 69.8 Å². The number of aromatic amines is 1. The fourth-order valence-electron chi connectivity index (χ4n) is 3.73. The third-order valence-corrected chi connectivity index (χ3v) is 6.00. The van der Waals surface area contributed by atoms with Crippen LogP contribution < -0.4 is 10.6 Å². The van der Waals surface area contributed by atoms with Gasteiger partial charge in [-0.05, 0) is 31.1 Å². The number of nitrogens with zero attached hydrogens (tertiary/aromatic N) is 1. The molecular formula is C20H20Cl2F2N4O. The molecule has 3 N–H and O–H groups in total. The summed E-state index contributed by atoms with van der Waals surface area (Å²) < 4.78 is 28.9. The molecule has 2 aliphatic rings. The first-order valence-corrected chi connectivity index (χ1v) is 10.3. The number of halogens is 4. The van der Waals surface area contributed by atoms with E-state index >= 15 is 0 Å². The first kappa shape index (κ1) is 20.2. The molecule has 0 aliphatic heterocycles. The number of nitrogens with one attached hydrogen (secondary N) is 3. The lowest BCUT2D eigenvalue weighted by Crippen LogP contribution is -2.36. The Hall–Kier alpha value is -2.12. The Kier molecular flexibility index (Phi) is 5.79. The molecule has 0 bridgehead atoms. The molecule has 2 atom stereocenters. The highest BCUT2D eigenvalue weighted by Gasteiger charge is 2.30. The second kappa shape index (κ2) is 8.32. The van der Waals surface area contributed by atoms with Crippen LogP contribution in [0.2, 0.25) is 0 Å². The summed E-state index contributed by atoms with van der Waals surface area (Å²) in [6.07, 6.45) is 6.48. The van der Waals surface area contributed by atoms with Gasteiger partial charge in [-0.1, -0.05) is 42.5 Å². The van der Waals surface area contributed by atoms with Crippen molar-refractivity contribution in [1.82, 2.24) is 15.3 Å². The van der Waals surface area contributed by atoms with Crippen molar-refractivity contribution in [2.45, 2.75) is 50.4 Å². The summed E-state index contributed by atoms with van der Waals surface area (Å²) in [6, 6.07) is 1.76. The number of alkyl halides is 1. The second-order valence-electron chi connectivity index (χ2n) is 7.37. The van der Waals surface area contributed by atoms with Crippen LogP contribution in [0.5, 0.6) is 0 Å². The molecule has 2 aromatic rings. The van der Waals surface area contributed by atoms with Gasteiger partial charge < -0.3 is 15.6 Å². The first-order valence-electron chi connectivity index (χ1n) is 9.56. The Morgan fingerprint density at radius 3 is 2.62 bits per heavy atom. The third kappa shape index (κ3) is 4.26. The quantitative estimate of drug-likeness (QED) is 0.615. The van der Waals surface area contributed by atoms with Gasteiger partial charge in [0.1, 0.15) is 11.9 Å². The Balaban J connectivity index is 1.54. The molecule has 0 radical (unpaired) electrons. The number of fused-ring (bicyclic) bond motifs is 1. The van der Waals surface area contributed by atoms with Crippen LogP contribution in [0.25, 0.3) is 11.0 Å². The molecular weight excluding hydrogens is 421 g/mol. The summed E-state index contributed by atoms with van der Waals surface area (Å²) in [5.74, 6) is -0.895. The molecule has 154 valence electrons. The number of anilines is 1. The zero-order chi connectivity index (χ0) is 20.5. The summed E-state index contributed by atoms with van der Waals surface area (Å²) in [4.78, 5) is 19.7. The average Bonchev–Trinajstić information content (AvgIpc) is 3.09. The highest BCUT2D eigenvalue weighted by molar-refractivity contribution is 6.33. The van der Waals surface area contributed by atoms with E-state index in [1.54, 1.807) is 0 Å². The summed E-state index contributed by atoms with van der Waals surface area (Å²) in [6.45, 7) is 0. The minimum absolute atomic E-state index is 0.0238. The van der Waals surface area contributed by atoms with Crippen molar-refractivity contribution < 1.29 is 13.6 Å². The third-order valence-electron chi connectivity index (χ3n) is 5.30. The molecule has 1 saturated carbocycles. The van der Waals surface area contributed by atoms with Crippen LogP contribution in [0.4, 0.5) is 14.7 Å². The fraction of sp³-hybridized carbons (Fsp3) is 0.400. The molecule has 1 aromatic carbocycles. The molecule has 2 aliphatic carbocycles. The second-order valence-corrected chi connectivity index (χ2v) is 8.24. The lowest BCUT2D eigenvalue weighted by atomic mass is 9.95. The Morgan fingerprint density at radius 2 is 1.86 bits per heavy atom. The van der Waals surface area contributed by atoms with Crippen molar-refractivity contribution in [2.75, 3.05) is 5.32 Å². The minimum atomic E-state index is -1.53.